The Kier molecular flexibility index (Phi) is 9.91. The highest BCUT2D eigenvalue weighted by Gasteiger charge is 2.10. The smallest absolute Gasteiger partial charge is 0.149 e. The zero-order chi connectivity index (χ0) is 11.5. The molecule has 0 heterocycles. The number of Topliss-reactive ketones (excluding diaryl/α,β-unsaturated/α-hetero) is 1. The fourth-order valence-corrected chi connectivity index (χ4v) is 1.74. The molecule has 0 aliphatic rings. The van der Waals surface area contributed by atoms with Crippen molar-refractivity contribution in [2.75, 3.05) is 0 Å². The predicted octanol–water partition coefficient (Wildman–Crippen LogP) is 3.43. The van der Waals surface area contributed by atoms with E-state index in [1.165, 1.54) is 32.1 Å². The molecular weight excluding hydrogens is 186 g/mol. The van der Waals surface area contributed by atoms with E-state index in [0.29, 0.717) is 6.42 Å². The van der Waals surface area contributed by atoms with E-state index < -0.39 is 0 Å². The average Bonchev–Trinajstić information content (AvgIpc) is 2.23. The first-order valence-electron chi connectivity index (χ1n) is 6.50. The summed E-state index contributed by atoms with van der Waals surface area (Å²) in [6.45, 7) is 4.28. The lowest BCUT2D eigenvalue weighted by atomic mass is 10.0. The number of carbonyl (C=O) groups excluding carboxylic acids is 1. The molecule has 0 fully saturated rings. The number of unbranched alkanes of at least 4 members (excludes halogenated alkanes) is 5. The molecule has 0 aromatic carbocycles. The molecule has 0 aliphatic carbocycles. The van der Waals surface area contributed by atoms with Gasteiger partial charge in [-0.2, -0.15) is 0 Å². The summed E-state index contributed by atoms with van der Waals surface area (Å²) in [5, 5.41) is 0. The third-order valence-corrected chi connectivity index (χ3v) is 2.79. The van der Waals surface area contributed by atoms with Crippen LogP contribution in [0.2, 0.25) is 0 Å². The van der Waals surface area contributed by atoms with Crippen LogP contribution in [0.3, 0.4) is 0 Å². The number of carbonyl (C=O) groups is 1. The van der Waals surface area contributed by atoms with Crippen LogP contribution in [0, 0.1) is 0 Å². The summed E-state index contributed by atoms with van der Waals surface area (Å²) in [5.74, 6) is 0.257. The van der Waals surface area contributed by atoms with Gasteiger partial charge in [-0.05, 0) is 12.8 Å². The maximum atomic E-state index is 11.5. The summed E-state index contributed by atoms with van der Waals surface area (Å²) in [6.07, 6.45) is 9.93. The highest BCUT2D eigenvalue weighted by atomic mass is 16.1. The normalized spacial score (nSPS) is 12.7. The van der Waals surface area contributed by atoms with Crippen molar-refractivity contribution in [3.63, 3.8) is 0 Å². The van der Waals surface area contributed by atoms with Crippen LogP contribution in [0.25, 0.3) is 0 Å². The van der Waals surface area contributed by atoms with Crippen molar-refractivity contribution in [3.8, 4) is 0 Å². The Morgan fingerprint density at radius 1 is 1.00 bits per heavy atom. The number of hydrogen-bond donors (Lipinski definition) is 1. The molecule has 0 aliphatic heterocycles. The Morgan fingerprint density at radius 3 is 2.20 bits per heavy atom. The monoisotopic (exact) mass is 213 g/mol. The SMILES string of the molecule is CCCCCCCCC(=O)C(N)CCC. The van der Waals surface area contributed by atoms with Gasteiger partial charge in [0.15, 0.2) is 0 Å². The lowest BCUT2D eigenvalue weighted by Gasteiger charge is -2.08. The molecular formula is C13H27NO. The number of rotatable bonds is 10. The summed E-state index contributed by atoms with van der Waals surface area (Å²) >= 11 is 0. The lowest BCUT2D eigenvalue weighted by molar-refractivity contribution is -0.120. The molecule has 0 radical (unpaired) electrons. The number of hydrogen-bond acceptors (Lipinski definition) is 2. The van der Waals surface area contributed by atoms with E-state index in [1.54, 1.807) is 0 Å². The van der Waals surface area contributed by atoms with Crippen molar-refractivity contribution < 1.29 is 4.79 Å². The van der Waals surface area contributed by atoms with Gasteiger partial charge in [0.1, 0.15) is 5.78 Å². The summed E-state index contributed by atoms with van der Waals surface area (Å²) in [4.78, 5) is 11.5. The first-order chi connectivity index (χ1) is 7.22. The van der Waals surface area contributed by atoms with E-state index in [9.17, 15) is 4.79 Å². The van der Waals surface area contributed by atoms with Crippen molar-refractivity contribution in [2.24, 2.45) is 5.73 Å². The molecule has 2 heteroatoms. The Bertz CT molecular complexity index is 157. The summed E-state index contributed by atoms with van der Waals surface area (Å²) in [6, 6.07) is -0.203. The van der Waals surface area contributed by atoms with Gasteiger partial charge in [-0.15, -0.1) is 0 Å². The Morgan fingerprint density at radius 2 is 1.60 bits per heavy atom. The van der Waals surface area contributed by atoms with Crippen LogP contribution in [0.15, 0.2) is 0 Å². The van der Waals surface area contributed by atoms with Crippen LogP contribution in [-0.2, 0) is 4.79 Å². The Hall–Kier alpha value is -0.370. The fraction of sp³-hybridized carbons (Fsp3) is 0.923. The quantitative estimate of drug-likeness (QED) is 0.565. The molecule has 0 aromatic heterocycles. The van der Waals surface area contributed by atoms with Crippen molar-refractivity contribution >= 4 is 5.78 Å². The molecule has 0 saturated heterocycles. The summed E-state index contributed by atoms with van der Waals surface area (Å²) in [5.41, 5.74) is 5.74. The van der Waals surface area contributed by atoms with Crippen LogP contribution in [0.1, 0.15) is 71.6 Å². The van der Waals surface area contributed by atoms with E-state index in [1.807, 2.05) is 0 Å². The summed E-state index contributed by atoms with van der Waals surface area (Å²) in [7, 11) is 0. The molecule has 90 valence electrons. The minimum absolute atomic E-state index is 0.203. The molecule has 0 bridgehead atoms. The van der Waals surface area contributed by atoms with Gasteiger partial charge in [0.2, 0.25) is 0 Å². The first-order valence-corrected chi connectivity index (χ1v) is 6.50. The molecule has 0 amide bonds. The van der Waals surface area contributed by atoms with Crippen LogP contribution in [-0.4, -0.2) is 11.8 Å². The maximum Gasteiger partial charge on any atom is 0.149 e. The van der Waals surface area contributed by atoms with Gasteiger partial charge in [0.25, 0.3) is 0 Å². The van der Waals surface area contributed by atoms with Gasteiger partial charge in [-0.3, -0.25) is 4.79 Å². The Balaban J connectivity index is 3.30. The molecule has 2 N–H and O–H groups in total. The maximum absolute atomic E-state index is 11.5. The molecule has 2 nitrogen and oxygen atoms in total. The molecule has 1 atom stereocenters. The van der Waals surface area contributed by atoms with Crippen LogP contribution in [0.5, 0.6) is 0 Å². The van der Waals surface area contributed by atoms with Crippen molar-refractivity contribution in [3.05, 3.63) is 0 Å². The fourth-order valence-electron chi connectivity index (χ4n) is 1.74. The standard InChI is InChI=1S/C13H27NO/c1-3-5-6-7-8-9-11-13(15)12(14)10-4-2/h12H,3-11,14H2,1-2H3. The van der Waals surface area contributed by atoms with E-state index in [0.717, 1.165) is 19.3 Å². The van der Waals surface area contributed by atoms with E-state index >= 15 is 0 Å². The highest BCUT2D eigenvalue weighted by Crippen LogP contribution is 2.08. The van der Waals surface area contributed by atoms with Gasteiger partial charge in [-0.1, -0.05) is 52.4 Å². The van der Waals surface area contributed by atoms with Gasteiger partial charge < -0.3 is 5.73 Å². The van der Waals surface area contributed by atoms with E-state index in [-0.39, 0.29) is 11.8 Å². The third-order valence-electron chi connectivity index (χ3n) is 2.79. The molecule has 0 aromatic rings. The third kappa shape index (κ3) is 8.61. The Labute approximate surface area is 94.6 Å². The van der Waals surface area contributed by atoms with E-state index in [2.05, 4.69) is 13.8 Å². The van der Waals surface area contributed by atoms with Gasteiger partial charge in [0.05, 0.1) is 6.04 Å². The second kappa shape index (κ2) is 10.2. The van der Waals surface area contributed by atoms with E-state index in [4.69, 9.17) is 5.73 Å². The van der Waals surface area contributed by atoms with Gasteiger partial charge in [-0.25, -0.2) is 0 Å². The zero-order valence-electron chi connectivity index (χ0n) is 10.4. The largest absolute Gasteiger partial charge is 0.322 e. The average molecular weight is 213 g/mol. The van der Waals surface area contributed by atoms with Crippen molar-refractivity contribution in [1.82, 2.24) is 0 Å². The molecule has 1 unspecified atom stereocenters. The van der Waals surface area contributed by atoms with Crippen LogP contribution >= 0.6 is 0 Å². The second-order valence-corrected chi connectivity index (χ2v) is 4.38. The molecule has 0 saturated carbocycles. The van der Waals surface area contributed by atoms with Crippen molar-refractivity contribution in [1.29, 1.82) is 0 Å². The minimum Gasteiger partial charge on any atom is -0.322 e. The molecule has 0 rings (SSSR count). The van der Waals surface area contributed by atoms with Crippen LogP contribution < -0.4 is 5.73 Å². The molecule has 0 spiro atoms. The molecule has 15 heavy (non-hydrogen) atoms. The van der Waals surface area contributed by atoms with Gasteiger partial charge in [0, 0.05) is 6.42 Å². The second-order valence-electron chi connectivity index (χ2n) is 4.38. The van der Waals surface area contributed by atoms with Crippen LogP contribution in [0.4, 0.5) is 0 Å². The highest BCUT2D eigenvalue weighted by molar-refractivity contribution is 5.83. The summed E-state index contributed by atoms with van der Waals surface area (Å²) < 4.78 is 0. The first kappa shape index (κ1) is 14.6. The van der Waals surface area contributed by atoms with Gasteiger partial charge >= 0.3 is 0 Å². The minimum atomic E-state index is -0.203. The number of ketones is 1. The lowest BCUT2D eigenvalue weighted by Crippen LogP contribution is -2.29. The topological polar surface area (TPSA) is 43.1 Å². The number of nitrogens with two attached hydrogens (primary N) is 1. The van der Waals surface area contributed by atoms with Crippen molar-refractivity contribution in [2.45, 2.75) is 77.7 Å². The predicted molar refractivity (Wildman–Crippen MR) is 65.9 cm³/mol. The zero-order valence-corrected chi connectivity index (χ0v) is 10.4.